The summed E-state index contributed by atoms with van der Waals surface area (Å²) in [5.74, 6) is -1.01. The van der Waals surface area contributed by atoms with Crippen LogP contribution >= 0.6 is 0 Å². The molecule has 0 amide bonds. The van der Waals surface area contributed by atoms with Gasteiger partial charge in [0.05, 0.1) is 13.7 Å². The summed E-state index contributed by atoms with van der Waals surface area (Å²) in [6.07, 6.45) is 1.02. The first kappa shape index (κ1) is 14.0. The Balaban J connectivity index is 2.96. The van der Waals surface area contributed by atoms with Gasteiger partial charge < -0.3 is 14.4 Å². The van der Waals surface area contributed by atoms with Crippen molar-refractivity contribution in [3.05, 3.63) is 11.3 Å². The third kappa shape index (κ3) is 2.62. The Bertz CT molecular complexity index is 422. The molecule has 0 N–H and O–H groups in total. The predicted molar refractivity (Wildman–Crippen MR) is 62.1 cm³/mol. The van der Waals surface area contributed by atoms with Crippen molar-refractivity contribution in [3.63, 3.8) is 0 Å². The van der Waals surface area contributed by atoms with Gasteiger partial charge in [-0.3, -0.25) is 0 Å². The van der Waals surface area contributed by atoms with Crippen molar-refractivity contribution in [2.24, 2.45) is 0 Å². The molecule has 1 heterocycles. The maximum atomic E-state index is 11.7. The molecule has 0 saturated carbocycles. The van der Waals surface area contributed by atoms with E-state index in [2.05, 4.69) is 4.74 Å². The number of esters is 2. The maximum absolute atomic E-state index is 11.7. The minimum Gasteiger partial charge on any atom is -0.465 e. The monoisotopic (exact) mass is 252 g/mol. The van der Waals surface area contributed by atoms with Gasteiger partial charge in [0.1, 0.15) is 12.1 Å². The van der Waals surface area contributed by atoms with E-state index in [-0.39, 0.29) is 11.5 Å². The van der Waals surface area contributed by atoms with Crippen LogP contribution in [0.15, 0.2) is 11.3 Å². The number of likely N-dealkylation sites (tertiary alicyclic amines) is 1. The SMILES string of the molecule is CCOC(=O)C1CC/C(=C(\C#N)C(=O)OC)N1C. The van der Waals surface area contributed by atoms with E-state index in [0.29, 0.717) is 25.1 Å². The number of hydrogen-bond donors (Lipinski definition) is 0. The first-order valence-corrected chi connectivity index (χ1v) is 5.67. The molecule has 1 rings (SSSR count). The fourth-order valence-electron chi connectivity index (χ4n) is 1.98. The Morgan fingerprint density at radius 3 is 2.72 bits per heavy atom. The zero-order valence-corrected chi connectivity index (χ0v) is 10.7. The molecule has 1 aliphatic rings. The highest BCUT2D eigenvalue weighted by Crippen LogP contribution is 2.29. The number of rotatable bonds is 3. The molecule has 1 aliphatic heterocycles. The van der Waals surface area contributed by atoms with Gasteiger partial charge >= 0.3 is 11.9 Å². The van der Waals surface area contributed by atoms with Crippen LogP contribution in [0.25, 0.3) is 0 Å². The zero-order valence-electron chi connectivity index (χ0n) is 10.7. The second-order valence-corrected chi connectivity index (χ2v) is 3.84. The first-order valence-electron chi connectivity index (χ1n) is 5.67. The van der Waals surface area contributed by atoms with Crippen LogP contribution in [-0.4, -0.2) is 43.6 Å². The van der Waals surface area contributed by atoms with Crippen LogP contribution in [0.5, 0.6) is 0 Å². The molecule has 0 aromatic rings. The standard InChI is InChI=1S/C12H16N2O4/c1-4-18-12(16)10-6-5-9(14(10)2)8(7-13)11(15)17-3/h10H,4-6H2,1-3H3/b9-8-. The number of nitrogens with zero attached hydrogens (tertiary/aromatic N) is 2. The van der Waals surface area contributed by atoms with Crippen molar-refractivity contribution in [2.45, 2.75) is 25.8 Å². The van der Waals surface area contributed by atoms with Crippen LogP contribution in [0.4, 0.5) is 0 Å². The summed E-state index contributed by atoms with van der Waals surface area (Å²) < 4.78 is 9.49. The van der Waals surface area contributed by atoms with E-state index in [1.807, 2.05) is 6.07 Å². The molecule has 0 aliphatic carbocycles. The maximum Gasteiger partial charge on any atom is 0.350 e. The third-order valence-corrected chi connectivity index (χ3v) is 2.90. The summed E-state index contributed by atoms with van der Waals surface area (Å²) in [4.78, 5) is 24.7. The topological polar surface area (TPSA) is 79.6 Å². The minimum absolute atomic E-state index is 0.0493. The van der Waals surface area contributed by atoms with Gasteiger partial charge in [-0.25, -0.2) is 9.59 Å². The predicted octanol–water partition coefficient (Wildman–Crippen LogP) is 0.594. The van der Waals surface area contributed by atoms with Crippen molar-refractivity contribution in [2.75, 3.05) is 20.8 Å². The Hall–Kier alpha value is -2.03. The second kappa shape index (κ2) is 6.05. The number of allylic oxidation sites excluding steroid dienone is 1. The molecule has 98 valence electrons. The number of carbonyl (C=O) groups excluding carboxylic acids is 2. The molecule has 0 spiro atoms. The van der Waals surface area contributed by atoms with Crippen molar-refractivity contribution in [1.29, 1.82) is 5.26 Å². The normalized spacial score (nSPS) is 21.2. The van der Waals surface area contributed by atoms with Crippen molar-refractivity contribution in [3.8, 4) is 6.07 Å². The summed E-state index contributed by atoms with van der Waals surface area (Å²) >= 11 is 0. The summed E-state index contributed by atoms with van der Waals surface area (Å²) in [7, 11) is 2.89. The Morgan fingerprint density at radius 2 is 2.22 bits per heavy atom. The highest BCUT2D eigenvalue weighted by molar-refractivity contribution is 5.93. The van der Waals surface area contributed by atoms with Gasteiger partial charge in [-0.05, 0) is 19.8 Å². The molecular formula is C12H16N2O4. The molecule has 0 aromatic heterocycles. The van der Waals surface area contributed by atoms with Crippen molar-refractivity contribution in [1.82, 2.24) is 4.90 Å². The van der Waals surface area contributed by atoms with Gasteiger partial charge in [-0.2, -0.15) is 5.26 Å². The number of methoxy groups -OCH3 is 1. The van der Waals surface area contributed by atoms with E-state index in [1.165, 1.54) is 7.11 Å². The van der Waals surface area contributed by atoms with Crippen LogP contribution < -0.4 is 0 Å². The van der Waals surface area contributed by atoms with E-state index in [0.717, 1.165) is 0 Å². The molecule has 1 fully saturated rings. The number of carbonyl (C=O) groups is 2. The van der Waals surface area contributed by atoms with Crippen LogP contribution in [0.2, 0.25) is 0 Å². The highest BCUT2D eigenvalue weighted by Gasteiger charge is 2.35. The molecule has 1 saturated heterocycles. The van der Waals surface area contributed by atoms with Crippen molar-refractivity contribution < 1.29 is 19.1 Å². The molecule has 0 bridgehead atoms. The van der Waals surface area contributed by atoms with E-state index < -0.39 is 12.0 Å². The minimum atomic E-state index is -0.677. The third-order valence-electron chi connectivity index (χ3n) is 2.90. The summed E-state index contributed by atoms with van der Waals surface area (Å²) in [5, 5.41) is 8.98. The average Bonchev–Trinajstić information content (AvgIpc) is 2.73. The summed E-state index contributed by atoms with van der Waals surface area (Å²) in [6, 6.07) is 1.39. The molecule has 1 atom stereocenters. The lowest BCUT2D eigenvalue weighted by Gasteiger charge is -2.21. The van der Waals surface area contributed by atoms with E-state index in [4.69, 9.17) is 10.00 Å². The Kier molecular flexibility index (Phi) is 4.72. The molecular weight excluding hydrogens is 236 g/mol. The first-order chi connectivity index (χ1) is 8.56. The van der Waals surface area contributed by atoms with Gasteiger partial charge in [0.25, 0.3) is 0 Å². The molecule has 0 radical (unpaired) electrons. The van der Waals surface area contributed by atoms with Gasteiger partial charge in [0.15, 0.2) is 5.57 Å². The van der Waals surface area contributed by atoms with Crippen LogP contribution in [-0.2, 0) is 19.1 Å². The fourth-order valence-corrected chi connectivity index (χ4v) is 1.98. The number of hydrogen-bond acceptors (Lipinski definition) is 6. The molecule has 6 nitrogen and oxygen atoms in total. The lowest BCUT2D eigenvalue weighted by Crippen LogP contribution is -2.34. The van der Waals surface area contributed by atoms with Crippen LogP contribution in [0, 0.1) is 11.3 Å². The molecule has 1 unspecified atom stereocenters. The summed E-state index contributed by atoms with van der Waals surface area (Å²) in [6.45, 7) is 2.04. The van der Waals surface area contributed by atoms with Gasteiger partial charge in [-0.15, -0.1) is 0 Å². The Morgan fingerprint density at radius 1 is 1.56 bits per heavy atom. The summed E-state index contributed by atoms with van der Waals surface area (Å²) in [5.41, 5.74) is 0.481. The Labute approximate surface area is 106 Å². The number of nitriles is 1. The van der Waals surface area contributed by atoms with E-state index >= 15 is 0 Å². The quantitative estimate of drug-likeness (QED) is 0.415. The lowest BCUT2D eigenvalue weighted by atomic mass is 10.1. The molecule has 0 aromatic carbocycles. The van der Waals surface area contributed by atoms with Gasteiger partial charge in [0.2, 0.25) is 0 Å². The van der Waals surface area contributed by atoms with Crippen LogP contribution in [0.3, 0.4) is 0 Å². The molecule has 18 heavy (non-hydrogen) atoms. The smallest absolute Gasteiger partial charge is 0.350 e. The highest BCUT2D eigenvalue weighted by atomic mass is 16.5. The second-order valence-electron chi connectivity index (χ2n) is 3.84. The average molecular weight is 252 g/mol. The lowest BCUT2D eigenvalue weighted by molar-refractivity contribution is -0.147. The number of ether oxygens (including phenoxy) is 2. The molecule has 6 heteroatoms. The van der Waals surface area contributed by atoms with Gasteiger partial charge in [0, 0.05) is 12.7 Å². The zero-order chi connectivity index (χ0) is 13.7. The number of likely N-dealkylation sites (N-methyl/N-ethyl adjacent to an activating group) is 1. The van der Waals surface area contributed by atoms with Gasteiger partial charge in [-0.1, -0.05) is 0 Å². The van der Waals surface area contributed by atoms with E-state index in [9.17, 15) is 9.59 Å². The van der Waals surface area contributed by atoms with E-state index in [1.54, 1.807) is 18.9 Å². The largest absolute Gasteiger partial charge is 0.465 e. The van der Waals surface area contributed by atoms with Crippen molar-refractivity contribution >= 4 is 11.9 Å². The van der Waals surface area contributed by atoms with Crippen LogP contribution in [0.1, 0.15) is 19.8 Å². The fraction of sp³-hybridized carbons (Fsp3) is 0.583.